The molecule has 1 amide bonds. The Kier molecular flexibility index (Phi) is 10.2. The van der Waals surface area contributed by atoms with Crippen molar-refractivity contribution < 1.29 is 18.7 Å². The number of carbonyl (C=O) groups is 1. The molecular weight excluding hydrogens is 537 g/mol. The zero-order valence-electron chi connectivity index (χ0n) is 26.6. The van der Waals surface area contributed by atoms with Crippen molar-refractivity contribution >= 4 is 11.7 Å². The van der Waals surface area contributed by atoms with E-state index in [9.17, 15) is 9.18 Å². The van der Waals surface area contributed by atoms with Crippen LogP contribution in [-0.2, 0) is 0 Å². The maximum atomic E-state index is 14.3. The molecule has 2 fully saturated rings. The Morgan fingerprint density at radius 3 is 2.50 bits per heavy atom. The number of hydrogen-bond acceptors (Lipinski definition) is 9. The number of anilines is 1. The monoisotopic (exact) mass is 585 g/mol. The number of benzene rings is 1. The third-order valence-corrected chi connectivity index (χ3v) is 8.56. The molecule has 11 heteroatoms. The molecule has 4 rings (SSSR count). The van der Waals surface area contributed by atoms with Gasteiger partial charge in [-0.3, -0.25) is 9.69 Å². The second kappa shape index (κ2) is 13.5. The summed E-state index contributed by atoms with van der Waals surface area (Å²) in [6.07, 6.45) is 3.43. The van der Waals surface area contributed by atoms with E-state index in [2.05, 4.69) is 57.8 Å². The Hall–Kier alpha value is -3.05. The number of aromatic nitrogens is 3. The molecule has 1 aromatic heterocycles. The molecule has 42 heavy (non-hydrogen) atoms. The first-order chi connectivity index (χ1) is 20.0. The van der Waals surface area contributed by atoms with Gasteiger partial charge in [-0.15, -0.1) is 5.10 Å². The number of amides is 1. The van der Waals surface area contributed by atoms with E-state index in [1.165, 1.54) is 38.2 Å². The van der Waals surface area contributed by atoms with Gasteiger partial charge in [0.05, 0.1) is 12.7 Å². The van der Waals surface area contributed by atoms with Crippen molar-refractivity contribution in [3.63, 3.8) is 0 Å². The molecule has 2 aliphatic heterocycles. The molecule has 2 aliphatic rings. The second-order valence-corrected chi connectivity index (χ2v) is 12.7. The highest BCUT2D eigenvalue weighted by atomic mass is 19.1. The standard InChI is InChI=1S/C31H48FN7O3/c1-9-39(22(4)5)29(40)24-17-23(32)12-13-26(24)42-28-27(33-30(41-8)35-34-28)37-16-14-31(18-37)19-38(20-31)25(21(2)3)11-10-15-36(6)7/h12-13,17,21-22,25H,9-11,14-16,18-20H2,1-8H3/t25-/m1/s1. The molecule has 1 aromatic carbocycles. The fourth-order valence-electron chi connectivity index (χ4n) is 6.39. The SMILES string of the molecule is CCN(C(=O)c1cc(F)ccc1Oc1nnc(OC)nc1N1CCC2(C1)CN([C@H](CCCN(C)C)C(C)C)C2)C(C)C. The molecule has 1 spiro atoms. The van der Waals surface area contributed by atoms with Crippen LogP contribution in [0.15, 0.2) is 18.2 Å². The summed E-state index contributed by atoms with van der Waals surface area (Å²) in [5.41, 5.74) is 0.315. The predicted molar refractivity (Wildman–Crippen MR) is 162 cm³/mol. The largest absolute Gasteiger partial charge is 0.466 e. The first kappa shape index (κ1) is 31.9. The van der Waals surface area contributed by atoms with Gasteiger partial charge in [0.15, 0.2) is 5.82 Å². The predicted octanol–water partition coefficient (Wildman–Crippen LogP) is 4.56. The topological polar surface area (TPSA) is 87.2 Å². The number of halogens is 1. The fraction of sp³-hybridized carbons (Fsp3) is 0.677. The van der Waals surface area contributed by atoms with Crippen molar-refractivity contribution in [1.82, 2.24) is 29.9 Å². The van der Waals surface area contributed by atoms with E-state index in [0.717, 1.165) is 39.1 Å². The number of rotatable bonds is 13. The maximum Gasteiger partial charge on any atom is 0.337 e. The van der Waals surface area contributed by atoms with Gasteiger partial charge >= 0.3 is 6.01 Å². The molecule has 0 radical (unpaired) electrons. The zero-order chi connectivity index (χ0) is 30.6. The number of hydrogen-bond donors (Lipinski definition) is 0. The molecule has 10 nitrogen and oxygen atoms in total. The van der Waals surface area contributed by atoms with Crippen molar-refractivity contribution in [2.45, 2.75) is 66.0 Å². The molecule has 0 saturated carbocycles. The van der Waals surface area contributed by atoms with Crippen LogP contribution in [-0.4, -0.2) is 108 Å². The summed E-state index contributed by atoms with van der Waals surface area (Å²) in [6.45, 7) is 15.7. The van der Waals surface area contributed by atoms with Crippen LogP contribution in [0.2, 0.25) is 0 Å². The highest BCUT2D eigenvalue weighted by Crippen LogP contribution is 2.45. The highest BCUT2D eigenvalue weighted by Gasteiger charge is 2.50. The Morgan fingerprint density at radius 2 is 1.88 bits per heavy atom. The van der Waals surface area contributed by atoms with E-state index in [1.807, 2.05) is 20.8 Å². The zero-order valence-corrected chi connectivity index (χ0v) is 26.6. The van der Waals surface area contributed by atoms with Crippen LogP contribution in [0.5, 0.6) is 17.6 Å². The summed E-state index contributed by atoms with van der Waals surface area (Å²) < 4.78 is 25.8. The van der Waals surface area contributed by atoms with Gasteiger partial charge in [0.2, 0.25) is 0 Å². The number of nitrogens with zero attached hydrogens (tertiary/aromatic N) is 7. The van der Waals surface area contributed by atoms with Gasteiger partial charge in [-0.05, 0) is 84.8 Å². The average molecular weight is 586 g/mol. The number of methoxy groups -OCH3 is 1. The quantitative estimate of drug-likeness (QED) is 0.336. The molecule has 1 atom stereocenters. The van der Waals surface area contributed by atoms with Crippen LogP contribution in [0.25, 0.3) is 0 Å². The Labute approximate surface area is 250 Å². The van der Waals surface area contributed by atoms with Gasteiger partial charge in [-0.2, -0.15) is 4.98 Å². The number of ether oxygens (including phenoxy) is 2. The normalized spacial score (nSPS) is 17.3. The Bertz CT molecular complexity index is 1220. The molecule has 2 aromatic rings. The van der Waals surface area contributed by atoms with E-state index in [-0.39, 0.29) is 40.6 Å². The van der Waals surface area contributed by atoms with E-state index in [1.54, 1.807) is 4.90 Å². The minimum Gasteiger partial charge on any atom is -0.466 e. The fourth-order valence-corrected chi connectivity index (χ4v) is 6.39. The molecule has 0 N–H and O–H groups in total. The molecule has 232 valence electrons. The van der Waals surface area contributed by atoms with Gasteiger partial charge in [0.25, 0.3) is 11.8 Å². The van der Waals surface area contributed by atoms with Crippen LogP contribution in [0.3, 0.4) is 0 Å². The molecule has 3 heterocycles. The van der Waals surface area contributed by atoms with Crippen LogP contribution in [0.1, 0.15) is 64.2 Å². The van der Waals surface area contributed by atoms with Gasteiger partial charge in [0.1, 0.15) is 11.6 Å². The summed E-state index contributed by atoms with van der Waals surface area (Å²) in [5.74, 6) is 0.678. The third kappa shape index (κ3) is 7.11. The van der Waals surface area contributed by atoms with E-state index >= 15 is 0 Å². The molecule has 0 unspecified atom stereocenters. The first-order valence-corrected chi connectivity index (χ1v) is 15.2. The summed E-state index contributed by atoms with van der Waals surface area (Å²) in [4.78, 5) is 26.7. The summed E-state index contributed by atoms with van der Waals surface area (Å²) in [6, 6.07) is 4.62. The van der Waals surface area contributed by atoms with E-state index < -0.39 is 5.82 Å². The molecular formula is C31H48FN7O3. The minimum absolute atomic E-state index is 0.0530. The number of carbonyl (C=O) groups excluding carboxylic acids is 1. The lowest BCUT2D eigenvalue weighted by molar-refractivity contribution is -0.0343. The highest BCUT2D eigenvalue weighted by molar-refractivity contribution is 5.97. The van der Waals surface area contributed by atoms with Crippen LogP contribution in [0.4, 0.5) is 10.2 Å². The summed E-state index contributed by atoms with van der Waals surface area (Å²) >= 11 is 0. The first-order valence-electron chi connectivity index (χ1n) is 15.2. The third-order valence-electron chi connectivity index (χ3n) is 8.56. The van der Waals surface area contributed by atoms with Gasteiger partial charge < -0.3 is 24.2 Å². The lowest BCUT2D eigenvalue weighted by atomic mass is 9.76. The Balaban J connectivity index is 1.53. The molecule has 0 bridgehead atoms. The van der Waals surface area contributed by atoms with Crippen molar-refractivity contribution in [1.29, 1.82) is 0 Å². The maximum absolute atomic E-state index is 14.3. The van der Waals surface area contributed by atoms with Crippen LogP contribution < -0.4 is 14.4 Å². The lowest BCUT2D eigenvalue weighted by Gasteiger charge is -2.53. The van der Waals surface area contributed by atoms with Crippen LogP contribution in [0, 0.1) is 17.2 Å². The van der Waals surface area contributed by atoms with Gasteiger partial charge in [-0.1, -0.05) is 18.9 Å². The van der Waals surface area contributed by atoms with Gasteiger partial charge in [0, 0.05) is 50.2 Å². The van der Waals surface area contributed by atoms with Crippen molar-refractivity contribution in [3.8, 4) is 17.6 Å². The van der Waals surface area contributed by atoms with Gasteiger partial charge in [-0.25, -0.2) is 4.39 Å². The Morgan fingerprint density at radius 1 is 1.14 bits per heavy atom. The van der Waals surface area contributed by atoms with Crippen LogP contribution >= 0.6 is 0 Å². The van der Waals surface area contributed by atoms with E-state index in [0.29, 0.717) is 24.3 Å². The molecule has 2 saturated heterocycles. The second-order valence-electron chi connectivity index (χ2n) is 12.7. The molecule has 0 aliphatic carbocycles. The summed E-state index contributed by atoms with van der Waals surface area (Å²) in [5, 5.41) is 8.33. The average Bonchev–Trinajstić information content (AvgIpc) is 3.37. The van der Waals surface area contributed by atoms with E-state index in [4.69, 9.17) is 9.47 Å². The summed E-state index contributed by atoms with van der Waals surface area (Å²) in [7, 11) is 5.76. The van der Waals surface area contributed by atoms with Crippen molar-refractivity contribution in [2.75, 3.05) is 65.4 Å². The lowest BCUT2D eigenvalue weighted by Crippen LogP contribution is -2.62. The number of likely N-dealkylation sites (tertiary alicyclic amines) is 1. The minimum atomic E-state index is -0.512. The van der Waals surface area contributed by atoms with Crippen molar-refractivity contribution in [3.05, 3.63) is 29.6 Å². The smallest absolute Gasteiger partial charge is 0.337 e. The van der Waals surface area contributed by atoms with Crippen molar-refractivity contribution in [2.24, 2.45) is 11.3 Å².